The summed E-state index contributed by atoms with van der Waals surface area (Å²) in [5, 5.41) is 4.70. The molecule has 30 heavy (non-hydrogen) atoms. The van der Waals surface area contributed by atoms with E-state index in [1.165, 1.54) is 4.31 Å². The summed E-state index contributed by atoms with van der Waals surface area (Å²) in [5.41, 5.74) is 1.92. The molecule has 1 aliphatic rings. The molecular formula is C22H24ClN3O3S. The number of hydrogen-bond donors (Lipinski definition) is 0. The molecule has 0 aliphatic carbocycles. The lowest BCUT2D eigenvalue weighted by atomic mass is 10.00. The van der Waals surface area contributed by atoms with Crippen LogP contribution in [0.2, 0.25) is 5.02 Å². The van der Waals surface area contributed by atoms with E-state index in [-0.39, 0.29) is 5.92 Å². The first-order valence-electron chi connectivity index (χ1n) is 10.0. The molecule has 6 nitrogen and oxygen atoms in total. The van der Waals surface area contributed by atoms with E-state index in [4.69, 9.17) is 16.1 Å². The van der Waals surface area contributed by atoms with Crippen LogP contribution in [0.15, 0.2) is 57.9 Å². The third-order valence-corrected chi connectivity index (χ3v) is 7.59. The van der Waals surface area contributed by atoms with Gasteiger partial charge in [0.05, 0.1) is 10.8 Å². The summed E-state index contributed by atoms with van der Waals surface area (Å²) in [6, 6.07) is 14.4. The first kappa shape index (κ1) is 21.0. The van der Waals surface area contributed by atoms with Crippen molar-refractivity contribution < 1.29 is 12.9 Å². The van der Waals surface area contributed by atoms with Crippen molar-refractivity contribution >= 4 is 21.6 Å². The molecule has 1 aromatic heterocycles. The Morgan fingerprint density at radius 1 is 1.10 bits per heavy atom. The number of hydrogen-bond acceptors (Lipinski definition) is 5. The highest BCUT2D eigenvalue weighted by Gasteiger charge is 2.33. The second kappa shape index (κ2) is 8.49. The minimum absolute atomic E-state index is 0.128. The van der Waals surface area contributed by atoms with Crippen LogP contribution in [0.3, 0.4) is 0 Å². The van der Waals surface area contributed by atoms with Gasteiger partial charge in [-0.15, -0.1) is 0 Å². The highest BCUT2D eigenvalue weighted by Crippen LogP contribution is 2.31. The van der Waals surface area contributed by atoms with Crippen LogP contribution in [0.1, 0.15) is 50.0 Å². The van der Waals surface area contributed by atoms with Crippen molar-refractivity contribution in [3.63, 3.8) is 0 Å². The fourth-order valence-electron chi connectivity index (χ4n) is 3.65. The van der Waals surface area contributed by atoms with E-state index in [1.807, 2.05) is 24.3 Å². The van der Waals surface area contributed by atoms with E-state index >= 15 is 0 Å². The SMILES string of the molecule is CC(C)c1ccc(S(=O)(=O)N2CCC[C@@H](c3nc(-c4ccc(Cl)cc4)no3)C2)cc1. The summed E-state index contributed by atoms with van der Waals surface area (Å²) in [7, 11) is -3.57. The maximum absolute atomic E-state index is 13.2. The zero-order valence-corrected chi connectivity index (χ0v) is 18.5. The molecule has 0 spiro atoms. The van der Waals surface area contributed by atoms with E-state index in [2.05, 4.69) is 24.0 Å². The summed E-state index contributed by atoms with van der Waals surface area (Å²) in [4.78, 5) is 4.83. The van der Waals surface area contributed by atoms with Crippen molar-refractivity contribution in [3.8, 4) is 11.4 Å². The lowest BCUT2D eigenvalue weighted by Gasteiger charge is -2.30. The minimum Gasteiger partial charge on any atom is -0.339 e. The van der Waals surface area contributed by atoms with Gasteiger partial charge in [0.2, 0.25) is 21.7 Å². The first-order valence-corrected chi connectivity index (χ1v) is 11.9. The van der Waals surface area contributed by atoms with Gasteiger partial charge in [-0.2, -0.15) is 9.29 Å². The fraction of sp³-hybridized carbons (Fsp3) is 0.364. The molecule has 4 rings (SSSR count). The topological polar surface area (TPSA) is 76.3 Å². The van der Waals surface area contributed by atoms with Crippen LogP contribution in [0, 0.1) is 0 Å². The second-order valence-electron chi connectivity index (χ2n) is 7.89. The molecule has 1 fully saturated rings. The number of rotatable bonds is 5. The Balaban J connectivity index is 1.52. The molecule has 0 amide bonds. The average molecular weight is 446 g/mol. The Morgan fingerprint density at radius 2 is 1.80 bits per heavy atom. The standard InChI is InChI=1S/C22H24ClN3O3S/c1-15(2)16-7-11-20(12-8-16)30(27,28)26-13-3-4-18(14-26)22-24-21(25-29-22)17-5-9-19(23)10-6-17/h5-12,15,18H,3-4,13-14H2,1-2H3/t18-/m1/s1. The molecule has 2 aromatic carbocycles. The van der Waals surface area contributed by atoms with Gasteiger partial charge < -0.3 is 4.52 Å². The Hall–Kier alpha value is -2.22. The molecule has 1 saturated heterocycles. The number of aromatic nitrogens is 2. The van der Waals surface area contributed by atoms with Gasteiger partial charge in [-0.05, 0) is 60.7 Å². The Morgan fingerprint density at radius 3 is 2.47 bits per heavy atom. The van der Waals surface area contributed by atoms with Gasteiger partial charge in [0.15, 0.2) is 0 Å². The van der Waals surface area contributed by atoms with Gasteiger partial charge in [-0.25, -0.2) is 8.42 Å². The highest BCUT2D eigenvalue weighted by atomic mass is 35.5. The normalized spacial score (nSPS) is 18.1. The predicted molar refractivity (Wildman–Crippen MR) is 116 cm³/mol. The monoisotopic (exact) mass is 445 g/mol. The van der Waals surface area contributed by atoms with Crippen molar-refractivity contribution in [2.24, 2.45) is 0 Å². The van der Waals surface area contributed by atoms with Crippen LogP contribution in [0.5, 0.6) is 0 Å². The molecule has 0 N–H and O–H groups in total. The molecule has 158 valence electrons. The number of benzene rings is 2. The van der Waals surface area contributed by atoms with Crippen molar-refractivity contribution in [2.45, 2.75) is 43.4 Å². The zero-order chi connectivity index (χ0) is 21.3. The molecule has 1 atom stereocenters. The van der Waals surface area contributed by atoms with E-state index in [0.717, 1.165) is 24.0 Å². The van der Waals surface area contributed by atoms with E-state index in [1.54, 1.807) is 24.3 Å². The lowest BCUT2D eigenvalue weighted by Crippen LogP contribution is -2.39. The van der Waals surface area contributed by atoms with Gasteiger partial charge in [0.1, 0.15) is 0 Å². The van der Waals surface area contributed by atoms with E-state index in [9.17, 15) is 8.42 Å². The lowest BCUT2D eigenvalue weighted by molar-refractivity contribution is 0.265. The summed E-state index contributed by atoms with van der Waals surface area (Å²) >= 11 is 5.93. The van der Waals surface area contributed by atoms with Gasteiger partial charge in [-0.1, -0.05) is 42.7 Å². The molecule has 3 aromatic rings. The molecular weight excluding hydrogens is 422 g/mol. The number of piperidine rings is 1. The van der Waals surface area contributed by atoms with Crippen LogP contribution >= 0.6 is 11.6 Å². The summed E-state index contributed by atoms with van der Waals surface area (Å²) in [6.45, 7) is 4.99. The second-order valence-corrected chi connectivity index (χ2v) is 10.3. The van der Waals surface area contributed by atoms with E-state index < -0.39 is 10.0 Å². The van der Waals surface area contributed by atoms with Crippen LogP contribution in [0.25, 0.3) is 11.4 Å². The average Bonchev–Trinajstić information content (AvgIpc) is 3.25. The smallest absolute Gasteiger partial charge is 0.243 e. The molecule has 8 heteroatoms. The van der Waals surface area contributed by atoms with Crippen molar-refractivity contribution in [1.82, 2.24) is 14.4 Å². The third kappa shape index (κ3) is 4.29. The van der Waals surface area contributed by atoms with Crippen LogP contribution < -0.4 is 0 Å². The van der Waals surface area contributed by atoms with Gasteiger partial charge in [-0.3, -0.25) is 0 Å². The molecule has 0 radical (unpaired) electrons. The van der Waals surface area contributed by atoms with Gasteiger partial charge in [0.25, 0.3) is 0 Å². The minimum atomic E-state index is -3.57. The van der Waals surface area contributed by atoms with Crippen LogP contribution in [-0.2, 0) is 10.0 Å². The Bertz CT molecular complexity index is 1110. The molecule has 0 saturated carbocycles. The highest BCUT2D eigenvalue weighted by molar-refractivity contribution is 7.89. The predicted octanol–water partition coefficient (Wildman–Crippen LogP) is 5.08. The Labute approximate surface area is 181 Å². The van der Waals surface area contributed by atoms with Crippen LogP contribution in [0.4, 0.5) is 0 Å². The number of halogens is 1. The summed E-state index contributed by atoms with van der Waals surface area (Å²) in [6.07, 6.45) is 1.55. The van der Waals surface area contributed by atoms with Gasteiger partial charge in [0, 0.05) is 23.7 Å². The third-order valence-electron chi connectivity index (χ3n) is 5.46. The van der Waals surface area contributed by atoms with Crippen LogP contribution in [-0.4, -0.2) is 36.0 Å². The van der Waals surface area contributed by atoms with Crippen molar-refractivity contribution in [1.29, 1.82) is 0 Å². The maximum atomic E-state index is 13.2. The molecule has 0 bridgehead atoms. The van der Waals surface area contributed by atoms with Crippen molar-refractivity contribution in [2.75, 3.05) is 13.1 Å². The summed E-state index contributed by atoms with van der Waals surface area (Å²) < 4.78 is 33.3. The molecule has 0 unspecified atom stereocenters. The van der Waals surface area contributed by atoms with Crippen molar-refractivity contribution in [3.05, 3.63) is 65.0 Å². The zero-order valence-electron chi connectivity index (χ0n) is 17.0. The van der Waals surface area contributed by atoms with E-state index in [0.29, 0.717) is 40.6 Å². The summed E-state index contributed by atoms with van der Waals surface area (Å²) in [5.74, 6) is 1.17. The fourth-order valence-corrected chi connectivity index (χ4v) is 5.30. The largest absolute Gasteiger partial charge is 0.339 e. The van der Waals surface area contributed by atoms with Gasteiger partial charge >= 0.3 is 0 Å². The Kier molecular flexibility index (Phi) is 5.95. The molecule has 1 aliphatic heterocycles. The quantitative estimate of drug-likeness (QED) is 0.547. The maximum Gasteiger partial charge on any atom is 0.243 e. The number of sulfonamides is 1. The number of nitrogens with zero attached hydrogens (tertiary/aromatic N) is 3. The molecule has 2 heterocycles. The first-order chi connectivity index (χ1) is 14.3.